The van der Waals surface area contributed by atoms with Gasteiger partial charge in [0.2, 0.25) is 0 Å². The van der Waals surface area contributed by atoms with Gasteiger partial charge < -0.3 is 4.74 Å². The third kappa shape index (κ3) is 0.694. The Morgan fingerprint density at radius 1 is 1.45 bits per heavy atom. The summed E-state index contributed by atoms with van der Waals surface area (Å²) in [5.74, 6) is 0. The van der Waals surface area contributed by atoms with Crippen molar-refractivity contribution in [2.75, 3.05) is 0 Å². The summed E-state index contributed by atoms with van der Waals surface area (Å²) in [5, 5.41) is 0. The SMILES string of the molecule is CCC1=CC=CC2(C)OC12C. The van der Waals surface area contributed by atoms with Crippen LogP contribution in [-0.2, 0) is 4.74 Å². The molecule has 0 aromatic carbocycles. The third-order valence-corrected chi connectivity index (χ3v) is 3.03. The van der Waals surface area contributed by atoms with Crippen molar-refractivity contribution in [1.82, 2.24) is 0 Å². The smallest absolute Gasteiger partial charge is 0.120 e. The van der Waals surface area contributed by atoms with Gasteiger partial charge in [0.1, 0.15) is 11.2 Å². The van der Waals surface area contributed by atoms with E-state index in [1.54, 1.807) is 0 Å². The molecule has 1 heteroatoms. The van der Waals surface area contributed by atoms with Crippen LogP contribution in [0.15, 0.2) is 23.8 Å². The lowest BCUT2D eigenvalue weighted by Gasteiger charge is -2.15. The highest BCUT2D eigenvalue weighted by Gasteiger charge is 2.64. The molecule has 0 aromatic rings. The van der Waals surface area contributed by atoms with Crippen LogP contribution >= 0.6 is 0 Å². The topological polar surface area (TPSA) is 12.5 Å². The molecule has 2 atom stereocenters. The number of rotatable bonds is 1. The number of hydrogen-bond acceptors (Lipinski definition) is 1. The van der Waals surface area contributed by atoms with E-state index in [1.165, 1.54) is 5.57 Å². The highest BCUT2D eigenvalue weighted by molar-refractivity contribution is 5.43. The van der Waals surface area contributed by atoms with Crippen LogP contribution in [-0.4, -0.2) is 11.2 Å². The first-order valence-electron chi connectivity index (χ1n) is 4.21. The lowest BCUT2D eigenvalue weighted by Crippen LogP contribution is -2.22. The summed E-state index contributed by atoms with van der Waals surface area (Å²) in [5.41, 5.74) is 1.45. The van der Waals surface area contributed by atoms with E-state index in [0.717, 1.165) is 6.42 Å². The van der Waals surface area contributed by atoms with Crippen molar-refractivity contribution in [1.29, 1.82) is 0 Å². The van der Waals surface area contributed by atoms with Crippen LogP contribution in [0.25, 0.3) is 0 Å². The van der Waals surface area contributed by atoms with Crippen molar-refractivity contribution in [2.45, 2.75) is 38.4 Å². The van der Waals surface area contributed by atoms with E-state index in [0.29, 0.717) is 0 Å². The molecule has 0 radical (unpaired) electrons. The van der Waals surface area contributed by atoms with Gasteiger partial charge in [-0.3, -0.25) is 0 Å². The van der Waals surface area contributed by atoms with E-state index in [4.69, 9.17) is 4.74 Å². The molecule has 1 nitrogen and oxygen atoms in total. The number of allylic oxidation sites excluding steroid dienone is 2. The van der Waals surface area contributed by atoms with Gasteiger partial charge in [-0.25, -0.2) is 0 Å². The van der Waals surface area contributed by atoms with Crippen molar-refractivity contribution in [3.05, 3.63) is 23.8 Å². The molecule has 60 valence electrons. The molecule has 0 saturated carbocycles. The van der Waals surface area contributed by atoms with E-state index in [-0.39, 0.29) is 11.2 Å². The number of ether oxygens (including phenoxy) is 1. The Morgan fingerprint density at radius 2 is 2.18 bits per heavy atom. The average Bonchev–Trinajstić information content (AvgIpc) is 2.52. The van der Waals surface area contributed by atoms with E-state index >= 15 is 0 Å². The minimum absolute atomic E-state index is 0.00704. The van der Waals surface area contributed by atoms with Gasteiger partial charge in [-0.1, -0.05) is 19.1 Å². The van der Waals surface area contributed by atoms with Gasteiger partial charge in [-0.2, -0.15) is 0 Å². The number of fused-ring (bicyclic) bond motifs is 1. The van der Waals surface area contributed by atoms with Crippen molar-refractivity contribution < 1.29 is 4.74 Å². The van der Waals surface area contributed by atoms with Gasteiger partial charge in [0.15, 0.2) is 0 Å². The summed E-state index contributed by atoms with van der Waals surface area (Å²) < 4.78 is 5.70. The molecule has 1 saturated heterocycles. The molecule has 0 N–H and O–H groups in total. The van der Waals surface area contributed by atoms with Crippen molar-refractivity contribution >= 4 is 0 Å². The second-order valence-electron chi connectivity index (χ2n) is 3.65. The van der Waals surface area contributed by atoms with Gasteiger partial charge in [0.25, 0.3) is 0 Å². The molecule has 0 bridgehead atoms. The Bertz CT molecular complexity index is 252. The van der Waals surface area contributed by atoms with Crippen molar-refractivity contribution in [3.8, 4) is 0 Å². The Kier molecular flexibility index (Phi) is 1.15. The zero-order valence-corrected chi connectivity index (χ0v) is 7.35. The monoisotopic (exact) mass is 150 g/mol. The Balaban J connectivity index is 2.37. The fourth-order valence-corrected chi connectivity index (χ4v) is 1.94. The maximum atomic E-state index is 5.70. The molecule has 2 rings (SSSR count). The average molecular weight is 150 g/mol. The van der Waals surface area contributed by atoms with E-state index in [2.05, 4.69) is 39.0 Å². The van der Waals surface area contributed by atoms with E-state index < -0.39 is 0 Å². The predicted molar refractivity (Wildman–Crippen MR) is 45.4 cm³/mol. The molecule has 1 aliphatic heterocycles. The summed E-state index contributed by atoms with van der Waals surface area (Å²) >= 11 is 0. The first-order chi connectivity index (χ1) is 5.12. The first-order valence-corrected chi connectivity index (χ1v) is 4.21. The second kappa shape index (κ2) is 1.78. The molecule has 1 fully saturated rings. The van der Waals surface area contributed by atoms with Crippen LogP contribution in [0.5, 0.6) is 0 Å². The fourth-order valence-electron chi connectivity index (χ4n) is 1.94. The second-order valence-corrected chi connectivity index (χ2v) is 3.65. The number of hydrogen-bond donors (Lipinski definition) is 0. The van der Waals surface area contributed by atoms with Crippen LogP contribution in [0.3, 0.4) is 0 Å². The van der Waals surface area contributed by atoms with Crippen LogP contribution in [0, 0.1) is 0 Å². The molecule has 1 heterocycles. The molecule has 2 aliphatic rings. The summed E-state index contributed by atoms with van der Waals surface area (Å²) in [7, 11) is 0. The standard InChI is InChI=1S/C10H14O/c1-4-8-6-5-7-9(2)10(8,3)11-9/h5-7H,4H2,1-3H3. The Labute approximate surface area is 67.7 Å². The maximum Gasteiger partial charge on any atom is 0.120 e. The minimum Gasteiger partial charge on any atom is -0.354 e. The van der Waals surface area contributed by atoms with Crippen molar-refractivity contribution in [3.63, 3.8) is 0 Å². The van der Waals surface area contributed by atoms with E-state index in [1.807, 2.05) is 0 Å². The Hall–Kier alpha value is -0.560. The lowest BCUT2D eigenvalue weighted by molar-refractivity contribution is 0.315. The third-order valence-electron chi connectivity index (χ3n) is 3.03. The van der Waals surface area contributed by atoms with Gasteiger partial charge in [0, 0.05) is 0 Å². The molecule has 0 amide bonds. The number of epoxide rings is 1. The quantitative estimate of drug-likeness (QED) is 0.523. The molecule has 2 unspecified atom stereocenters. The molecule has 1 aliphatic carbocycles. The van der Waals surface area contributed by atoms with Crippen LogP contribution in [0.2, 0.25) is 0 Å². The van der Waals surface area contributed by atoms with Gasteiger partial charge in [-0.05, 0) is 31.9 Å². The minimum atomic E-state index is 0.00704. The molecule has 0 spiro atoms. The summed E-state index contributed by atoms with van der Waals surface area (Å²) in [6.45, 7) is 6.50. The summed E-state index contributed by atoms with van der Waals surface area (Å²) in [4.78, 5) is 0. The summed E-state index contributed by atoms with van der Waals surface area (Å²) in [6, 6.07) is 0. The fraction of sp³-hybridized carbons (Fsp3) is 0.600. The first kappa shape index (κ1) is 7.11. The molecular formula is C10H14O. The predicted octanol–water partition coefficient (Wildman–Crippen LogP) is 2.44. The van der Waals surface area contributed by atoms with Gasteiger partial charge in [0.05, 0.1) is 0 Å². The van der Waals surface area contributed by atoms with E-state index in [9.17, 15) is 0 Å². The van der Waals surface area contributed by atoms with Crippen molar-refractivity contribution in [2.24, 2.45) is 0 Å². The van der Waals surface area contributed by atoms with Gasteiger partial charge in [-0.15, -0.1) is 0 Å². The summed E-state index contributed by atoms with van der Waals surface area (Å²) in [6.07, 6.45) is 7.52. The maximum absolute atomic E-state index is 5.70. The zero-order chi connectivity index (χ0) is 8.11. The van der Waals surface area contributed by atoms with Crippen LogP contribution in [0.4, 0.5) is 0 Å². The van der Waals surface area contributed by atoms with Gasteiger partial charge >= 0.3 is 0 Å². The van der Waals surface area contributed by atoms with Crippen LogP contribution in [0.1, 0.15) is 27.2 Å². The lowest BCUT2D eigenvalue weighted by atomic mass is 9.84. The Morgan fingerprint density at radius 3 is 2.73 bits per heavy atom. The highest BCUT2D eigenvalue weighted by atomic mass is 16.6. The molecule has 11 heavy (non-hydrogen) atoms. The normalized spacial score (nSPS) is 46.6. The highest BCUT2D eigenvalue weighted by Crippen LogP contribution is 2.55. The molecule has 0 aromatic heterocycles. The largest absolute Gasteiger partial charge is 0.354 e. The van der Waals surface area contributed by atoms with Crippen LogP contribution < -0.4 is 0 Å². The molecular weight excluding hydrogens is 136 g/mol. The zero-order valence-electron chi connectivity index (χ0n) is 7.35.